The number of hydrogen-bond acceptors (Lipinski definition) is 5. The molecule has 0 atom stereocenters. The van der Waals surface area contributed by atoms with Gasteiger partial charge in [-0.25, -0.2) is 4.79 Å². The lowest BCUT2D eigenvalue weighted by Gasteiger charge is -1.99. The number of carbonyl (C=O) groups excluding carboxylic acids is 1. The summed E-state index contributed by atoms with van der Waals surface area (Å²) in [6.07, 6.45) is 2.82. The molecule has 0 spiro atoms. The van der Waals surface area contributed by atoms with Gasteiger partial charge in [-0.3, -0.25) is 4.79 Å². The highest BCUT2D eigenvalue weighted by Crippen LogP contribution is 2.21. The van der Waals surface area contributed by atoms with Crippen molar-refractivity contribution in [2.45, 2.75) is 6.92 Å². The molecule has 0 aliphatic rings. The Bertz CT molecular complexity index is 712. The third-order valence-electron chi connectivity index (χ3n) is 2.29. The van der Waals surface area contributed by atoms with Crippen LogP contribution in [0, 0.1) is 6.92 Å². The number of thiophene rings is 1. The average molecular weight is 341 g/mol. The van der Waals surface area contributed by atoms with Gasteiger partial charge in [-0.15, -0.1) is 11.3 Å². The van der Waals surface area contributed by atoms with E-state index in [-0.39, 0.29) is 17.1 Å². The number of carbonyl (C=O) groups is 1. The van der Waals surface area contributed by atoms with Crippen molar-refractivity contribution in [1.82, 2.24) is 0 Å². The fraction of sp³-hybridized carbons (Fsp3) is 0.0769. The number of halogens is 1. The average Bonchev–Trinajstić information content (AvgIpc) is 2.71. The van der Waals surface area contributed by atoms with Crippen LogP contribution < -0.4 is 5.63 Å². The standard InChI is InChI=1S/C13H9BrO4S/c1-7-4-11(16)12(13(17)18-7)10(15)3-2-9-5-8(14)6-19-9/h2-6,16H,1H3/b3-2+. The van der Waals surface area contributed by atoms with Gasteiger partial charge in [0.05, 0.1) is 0 Å². The van der Waals surface area contributed by atoms with E-state index >= 15 is 0 Å². The second kappa shape index (κ2) is 5.54. The molecule has 2 rings (SSSR count). The molecule has 0 aromatic carbocycles. The molecule has 6 heteroatoms. The molecule has 0 amide bonds. The second-order valence-corrected chi connectivity index (χ2v) is 5.63. The van der Waals surface area contributed by atoms with Gasteiger partial charge < -0.3 is 9.52 Å². The largest absolute Gasteiger partial charge is 0.507 e. The summed E-state index contributed by atoms with van der Waals surface area (Å²) >= 11 is 4.75. The van der Waals surface area contributed by atoms with Gasteiger partial charge in [0.1, 0.15) is 17.1 Å². The van der Waals surface area contributed by atoms with Crippen molar-refractivity contribution in [2.75, 3.05) is 0 Å². The van der Waals surface area contributed by atoms with Gasteiger partial charge in [0, 0.05) is 20.8 Å². The minimum atomic E-state index is -0.834. The maximum Gasteiger partial charge on any atom is 0.351 e. The summed E-state index contributed by atoms with van der Waals surface area (Å²) in [6, 6.07) is 3.08. The van der Waals surface area contributed by atoms with E-state index in [2.05, 4.69) is 15.9 Å². The molecule has 2 aromatic heterocycles. The van der Waals surface area contributed by atoms with Gasteiger partial charge in [-0.2, -0.15) is 0 Å². The third kappa shape index (κ3) is 3.21. The summed E-state index contributed by atoms with van der Waals surface area (Å²) in [7, 11) is 0. The zero-order valence-electron chi connectivity index (χ0n) is 9.84. The minimum Gasteiger partial charge on any atom is -0.507 e. The Labute approximate surface area is 121 Å². The molecule has 0 aliphatic carbocycles. The number of aryl methyl sites for hydroxylation is 1. The lowest BCUT2D eigenvalue weighted by atomic mass is 10.1. The highest BCUT2D eigenvalue weighted by atomic mass is 79.9. The van der Waals surface area contributed by atoms with Crippen LogP contribution in [0.2, 0.25) is 0 Å². The fourth-order valence-electron chi connectivity index (χ4n) is 1.48. The van der Waals surface area contributed by atoms with Crippen molar-refractivity contribution < 1.29 is 14.3 Å². The lowest BCUT2D eigenvalue weighted by molar-refractivity contribution is 0.104. The molecule has 2 aromatic rings. The van der Waals surface area contributed by atoms with Gasteiger partial charge in [-0.05, 0) is 41.1 Å². The van der Waals surface area contributed by atoms with Gasteiger partial charge in [0.25, 0.3) is 0 Å². The Balaban J connectivity index is 2.31. The van der Waals surface area contributed by atoms with Crippen molar-refractivity contribution >= 4 is 39.1 Å². The molecule has 2 heterocycles. The van der Waals surface area contributed by atoms with Crippen molar-refractivity contribution in [3.63, 3.8) is 0 Å². The fourth-order valence-corrected chi connectivity index (χ4v) is 2.82. The van der Waals surface area contributed by atoms with Crippen molar-refractivity contribution in [2.24, 2.45) is 0 Å². The maximum absolute atomic E-state index is 11.9. The minimum absolute atomic E-state index is 0.255. The molecule has 0 unspecified atom stereocenters. The smallest absolute Gasteiger partial charge is 0.351 e. The molecular weight excluding hydrogens is 332 g/mol. The number of hydrogen-bond donors (Lipinski definition) is 1. The van der Waals surface area contributed by atoms with Crippen LogP contribution in [0.5, 0.6) is 5.75 Å². The first-order chi connectivity index (χ1) is 8.97. The second-order valence-electron chi connectivity index (χ2n) is 3.77. The molecule has 0 bridgehead atoms. The molecule has 98 valence electrons. The van der Waals surface area contributed by atoms with Crippen LogP contribution in [0.3, 0.4) is 0 Å². The van der Waals surface area contributed by atoms with Crippen molar-refractivity contribution in [1.29, 1.82) is 0 Å². The highest BCUT2D eigenvalue weighted by molar-refractivity contribution is 9.10. The molecule has 0 saturated carbocycles. The van der Waals surface area contributed by atoms with Crippen LogP contribution in [0.4, 0.5) is 0 Å². The molecule has 1 N–H and O–H groups in total. The monoisotopic (exact) mass is 340 g/mol. The van der Waals surface area contributed by atoms with E-state index in [1.165, 1.54) is 30.4 Å². The molecule has 0 saturated heterocycles. The van der Waals surface area contributed by atoms with E-state index in [1.807, 2.05) is 11.4 Å². The number of aromatic hydroxyl groups is 1. The summed E-state index contributed by atoms with van der Waals surface area (Å²) in [5, 5.41) is 11.5. The van der Waals surface area contributed by atoms with Crippen molar-refractivity contribution in [3.8, 4) is 5.75 Å². The summed E-state index contributed by atoms with van der Waals surface area (Å²) in [5.74, 6) is -0.697. The van der Waals surface area contributed by atoms with E-state index in [9.17, 15) is 14.7 Å². The van der Waals surface area contributed by atoms with Crippen LogP contribution >= 0.6 is 27.3 Å². The van der Waals surface area contributed by atoms with E-state index in [0.717, 1.165) is 9.35 Å². The van der Waals surface area contributed by atoms with Gasteiger partial charge in [0.2, 0.25) is 0 Å². The van der Waals surface area contributed by atoms with Crippen LogP contribution in [-0.4, -0.2) is 10.9 Å². The molecular formula is C13H9BrO4S. The quantitative estimate of drug-likeness (QED) is 0.687. The Morgan fingerprint density at radius 2 is 2.21 bits per heavy atom. The third-order valence-corrected chi connectivity index (χ3v) is 3.95. The van der Waals surface area contributed by atoms with E-state index < -0.39 is 11.4 Å². The van der Waals surface area contributed by atoms with Gasteiger partial charge >= 0.3 is 5.63 Å². The van der Waals surface area contributed by atoms with Crippen molar-refractivity contribution in [3.05, 3.63) is 54.7 Å². The topological polar surface area (TPSA) is 67.5 Å². The number of rotatable bonds is 3. The molecule has 0 radical (unpaired) electrons. The Morgan fingerprint density at radius 3 is 2.79 bits per heavy atom. The van der Waals surface area contributed by atoms with Crippen LogP contribution in [0.1, 0.15) is 21.0 Å². The normalized spacial score (nSPS) is 11.1. The van der Waals surface area contributed by atoms with Crippen LogP contribution in [0.15, 0.2) is 37.3 Å². The first kappa shape index (κ1) is 13.8. The van der Waals surface area contributed by atoms with E-state index in [0.29, 0.717) is 0 Å². The first-order valence-corrected chi connectivity index (χ1v) is 6.95. The zero-order valence-corrected chi connectivity index (χ0v) is 12.2. The number of allylic oxidation sites excluding steroid dienone is 1. The summed E-state index contributed by atoms with van der Waals surface area (Å²) in [6.45, 7) is 1.52. The zero-order chi connectivity index (χ0) is 14.0. The van der Waals surface area contributed by atoms with Crippen LogP contribution in [0.25, 0.3) is 6.08 Å². The number of ketones is 1. The SMILES string of the molecule is Cc1cc(O)c(C(=O)/C=C/c2cc(Br)cs2)c(=O)o1. The lowest BCUT2D eigenvalue weighted by Crippen LogP contribution is -2.12. The predicted octanol–water partition coefficient (Wildman–Crippen LogP) is 3.37. The highest BCUT2D eigenvalue weighted by Gasteiger charge is 2.15. The van der Waals surface area contributed by atoms with E-state index in [1.54, 1.807) is 6.08 Å². The first-order valence-electron chi connectivity index (χ1n) is 5.27. The molecule has 4 nitrogen and oxygen atoms in total. The van der Waals surface area contributed by atoms with E-state index in [4.69, 9.17) is 4.42 Å². The maximum atomic E-state index is 11.9. The predicted molar refractivity (Wildman–Crippen MR) is 76.8 cm³/mol. The summed E-state index contributed by atoms with van der Waals surface area (Å²) in [4.78, 5) is 24.3. The Hall–Kier alpha value is -1.66. The molecule has 19 heavy (non-hydrogen) atoms. The summed E-state index contributed by atoms with van der Waals surface area (Å²) < 4.78 is 5.71. The Kier molecular flexibility index (Phi) is 4.01. The molecule has 0 aliphatic heterocycles. The summed E-state index contributed by atoms with van der Waals surface area (Å²) in [5.41, 5.74) is -1.18. The molecule has 0 fully saturated rings. The van der Waals surface area contributed by atoms with Crippen LogP contribution in [-0.2, 0) is 0 Å². The van der Waals surface area contributed by atoms with Gasteiger partial charge in [0.15, 0.2) is 5.78 Å². The Morgan fingerprint density at radius 1 is 1.47 bits per heavy atom. The van der Waals surface area contributed by atoms with Gasteiger partial charge in [-0.1, -0.05) is 0 Å².